The third-order valence-corrected chi connectivity index (χ3v) is 5.80. The number of hydrogen-bond acceptors (Lipinski definition) is 4. The van der Waals surface area contributed by atoms with Crippen molar-refractivity contribution in [2.24, 2.45) is 0 Å². The largest absolute Gasteiger partial charge is 0.417 e. The van der Waals surface area contributed by atoms with E-state index in [1.807, 2.05) is 6.92 Å². The van der Waals surface area contributed by atoms with E-state index >= 15 is 0 Å². The number of amides is 2. The molecule has 4 nitrogen and oxygen atoms in total. The van der Waals surface area contributed by atoms with E-state index in [0.29, 0.717) is 23.7 Å². The van der Waals surface area contributed by atoms with Gasteiger partial charge in [0, 0.05) is 18.7 Å². The molecule has 1 aromatic rings. The molecule has 1 atom stereocenters. The smallest absolute Gasteiger partial charge is 0.326 e. The van der Waals surface area contributed by atoms with Gasteiger partial charge in [-0.3, -0.25) is 14.5 Å². The number of rotatable bonds is 6. The van der Waals surface area contributed by atoms with E-state index < -0.39 is 22.7 Å². The molecule has 10 heteroatoms. The Balaban J connectivity index is 1.88. The Morgan fingerprint density at radius 1 is 1.42 bits per heavy atom. The number of carbonyl (C=O) groups excluding carboxylic acids is 2. The van der Waals surface area contributed by atoms with Gasteiger partial charge < -0.3 is 5.32 Å². The van der Waals surface area contributed by atoms with Gasteiger partial charge in [-0.2, -0.15) is 13.2 Å². The minimum absolute atomic E-state index is 0.0149. The monoisotopic (exact) mass is 424 g/mol. The molecule has 1 aliphatic rings. The van der Waals surface area contributed by atoms with Crippen LogP contribution >= 0.6 is 35.6 Å². The van der Waals surface area contributed by atoms with Crippen LogP contribution in [0.15, 0.2) is 18.2 Å². The molecule has 1 aliphatic heterocycles. The SMILES string of the molecule is CCC1SC(=S)N(CCCC(=O)Nc2ccc(Cl)c(C(F)(F)F)c2)C1=O. The molecule has 0 radical (unpaired) electrons. The Morgan fingerprint density at radius 3 is 2.69 bits per heavy atom. The molecular weight excluding hydrogens is 409 g/mol. The lowest BCUT2D eigenvalue weighted by Gasteiger charge is -2.15. The van der Waals surface area contributed by atoms with Crippen LogP contribution in [-0.4, -0.2) is 32.8 Å². The first-order valence-corrected chi connectivity index (χ1v) is 9.48. The van der Waals surface area contributed by atoms with Crippen molar-refractivity contribution in [1.29, 1.82) is 0 Å². The van der Waals surface area contributed by atoms with Crippen LogP contribution in [0.4, 0.5) is 18.9 Å². The number of thiocarbonyl (C=S) groups is 1. The Bertz CT molecular complexity index is 728. The minimum Gasteiger partial charge on any atom is -0.326 e. The van der Waals surface area contributed by atoms with Gasteiger partial charge >= 0.3 is 6.18 Å². The normalized spacial score (nSPS) is 17.7. The second-order valence-corrected chi connectivity index (χ2v) is 7.86. The summed E-state index contributed by atoms with van der Waals surface area (Å²) in [6.07, 6.45) is -3.51. The fourth-order valence-corrected chi connectivity index (χ4v) is 4.10. The van der Waals surface area contributed by atoms with Crippen molar-refractivity contribution in [3.8, 4) is 0 Å². The molecule has 0 aliphatic carbocycles. The lowest BCUT2D eigenvalue weighted by molar-refractivity contribution is -0.137. The number of alkyl halides is 3. The summed E-state index contributed by atoms with van der Waals surface area (Å²) >= 11 is 12.0. The highest BCUT2D eigenvalue weighted by Gasteiger charge is 2.35. The highest BCUT2D eigenvalue weighted by molar-refractivity contribution is 8.24. The average Bonchev–Trinajstić information content (AvgIpc) is 2.83. The molecule has 0 spiro atoms. The van der Waals surface area contributed by atoms with Crippen molar-refractivity contribution in [3.05, 3.63) is 28.8 Å². The molecule has 1 unspecified atom stereocenters. The van der Waals surface area contributed by atoms with Crippen LogP contribution in [0.2, 0.25) is 5.02 Å². The fourth-order valence-electron chi connectivity index (χ4n) is 2.40. The van der Waals surface area contributed by atoms with E-state index in [4.69, 9.17) is 23.8 Å². The van der Waals surface area contributed by atoms with E-state index in [9.17, 15) is 22.8 Å². The predicted molar refractivity (Wildman–Crippen MR) is 100 cm³/mol. The Hall–Kier alpha value is -1.32. The van der Waals surface area contributed by atoms with Crippen molar-refractivity contribution < 1.29 is 22.8 Å². The molecule has 1 heterocycles. The van der Waals surface area contributed by atoms with E-state index in [0.717, 1.165) is 12.1 Å². The van der Waals surface area contributed by atoms with E-state index in [-0.39, 0.29) is 23.3 Å². The highest BCUT2D eigenvalue weighted by Crippen LogP contribution is 2.36. The van der Waals surface area contributed by atoms with Crippen molar-refractivity contribution in [1.82, 2.24) is 4.90 Å². The molecule has 1 aromatic carbocycles. The van der Waals surface area contributed by atoms with Gasteiger partial charge in [-0.15, -0.1) is 0 Å². The van der Waals surface area contributed by atoms with Gasteiger partial charge in [-0.05, 0) is 31.0 Å². The lowest BCUT2D eigenvalue weighted by atomic mass is 10.2. The third kappa shape index (κ3) is 5.11. The number of nitrogens with zero attached hydrogens (tertiary/aromatic N) is 1. The number of nitrogens with one attached hydrogen (secondary N) is 1. The summed E-state index contributed by atoms with van der Waals surface area (Å²) in [5, 5.41) is 1.80. The van der Waals surface area contributed by atoms with Gasteiger partial charge in [0.25, 0.3) is 0 Å². The van der Waals surface area contributed by atoms with Crippen molar-refractivity contribution in [2.75, 3.05) is 11.9 Å². The van der Waals surface area contributed by atoms with Crippen LogP contribution in [0.3, 0.4) is 0 Å². The molecule has 0 saturated carbocycles. The van der Waals surface area contributed by atoms with E-state index in [1.165, 1.54) is 22.7 Å². The summed E-state index contributed by atoms with van der Waals surface area (Å²) in [5.74, 6) is -0.506. The zero-order valence-electron chi connectivity index (χ0n) is 13.7. The molecule has 0 aromatic heterocycles. The first-order valence-electron chi connectivity index (χ1n) is 7.82. The maximum absolute atomic E-state index is 12.8. The minimum atomic E-state index is -4.60. The molecule has 26 heavy (non-hydrogen) atoms. The van der Waals surface area contributed by atoms with Gasteiger partial charge in [0.05, 0.1) is 15.8 Å². The molecule has 2 rings (SSSR count). The van der Waals surface area contributed by atoms with Gasteiger partial charge in [-0.25, -0.2) is 0 Å². The van der Waals surface area contributed by atoms with Gasteiger partial charge in [-0.1, -0.05) is 42.5 Å². The average molecular weight is 425 g/mol. The third-order valence-electron chi connectivity index (χ3n) is 3.72. The molecule has 1 N–H and O–H groups in total. The van der Waals surface area contributed by atoms with Crippen LogP contribution in [0, 0.1) is 0 Å². The van der Waals surface area contributed by atoms with Crippen molar-refractivity contribution in [2.45, 2.75) is 37.6 Å². The summed E-state index contributed by atoms with van der Waals surface area (Å²) < 4.78 is 39.0. The molecular formula is C16H16ClF3N2O2S2. The molecule has 142 valence electrons. The maximum Gasteiger partial charge on any atom is 0.417 e. The van der Waals surface area contributed by atoms with E-state index in [2.05, 4.69) is 5.32 Å². The van der Waals surface area contributed by atoms with Gasteiger partial charge in [0.2, 0.25) is 11.8 Å². The highest BCUT2D eigenvalue weighted by atomic mass is 35.5. The molecule has 1 fully saturated rings. The second-order valence-electron chi connectivity index (χ2n) is 5.61. The second kappa shape index (κ2) is 8.58. The molecule has 1 saturated heterocycles. The standard InChI is InChI=1S/C16H16ClF3N2O2S2/c1-2-12-14(24)22(15(25)26-12)7-3-4-13(23)21-9-5-6-11(17)10(8-9)16(18,19)20/h5-6,8,12H,2-4,7H2,1H3,(H,21,23). The van der Waals surface area contributed by atoms with Gasteiger partial charge in [0.15, 0.2) is 0 Å². The quantitative estimate of drug-likeness (QED) is 0.671. The number of halogens is 4. The summed E-state index contributed by atoms with van der Waals surface area (Å²) in [6, 6.07) is 3.18. The van der Waals surface area contributed by atoms with Crippen molar-refractivity contribution >= 4 is 57.4 Å². The van der Waals surface area contributed by atoms with E-state index in [1.54, 1.807) is 0 Å². The number of hydrogen-bond donors (Lipinski definition) is 1. The Kier molecular flexibility index (Phi) is 6.92. The fraction of sp³-hybridized carbons (Fsp3) is 0.438. The number of thioether (sulfide) groups is 1. The lowest BCUT2D eigenvalue weighted by Crippen LogP contribution is -2.32. The number of carbonyl (C=O) groups is 2. The first-order chi connectivity index (χ1) is 12.1. The van der Waals surface area contributed by atoms with Crippen LogP contribution in [-0.2, 0) is 15.8 Å². The maximum atomic E-state index is 12.8. The molecule has 0 bridgehead atoms. The summed E-state index contributed by atoms with van der Waals surface area (Å²) in [6.45, 7) is 2.21. The van der Waals surface area contributed by atoms with Crippen LogP contribution in [0.25, 0.3) is 0 Å². The number of benzene rings is 1. The van der Waals surface area contributed by atoms with Crippen LogP contribution in [0.5, 0.6) is 0 Å². The molecule has 2 amide bonds. The predicted octanol–water partition coefficient (Wildman–Crippen LogP) is 4.72. The van der Waals surface area contributed by atoms with Crippen LogP contribution in [0.1, 0.15) is 31.7 Å². The summed E-state index contributed by atoms with van der Waals surface area (Å²) in [5.41, 5.74) is -0.992. The topological polar surface area (TPSA) is 49.4 Å². The zero-order valence-corrected chi connectivity index (χ0v) is 16.1. The van der Waals surface area contributed by atoms with Crippen LogP contribution < -0.4 is 5.32 Å². The number of anilines is 1. The summed E-state index contributed by atoms with van der Waals surface area (Å²) in [7, 11) is 0. The zero-order chi connectivity index (χ0) is 19.5. The summed E-state index contributed by atoms with van der Waals surface area (Å²) in [4.78, 5) is 25.5. The Labute approximate surface area is 163 Å². The Morgan fingerprint density at radius 2 is 2.12 bits per heavy atom. The first kappa shape index (κ1) is 21.0. The van der Waals surface area contributed by atoms with Crippen molar-refractivity contribution in [3.63, 3.8) is 0 Å². The van der Waals surface area contributed by atoms with Gasteiger partial charge in [0.1, 0.15) is 4.32 Å².